The van der Waals surface area contributed by atoms with Crippen molar-refractivity contribution in [2.24, 2.45) is 23.3 Å². The largest absolute Gasteiger partial charge is 0.461 e. The number of nitrogens with two attached hydrogens (primary N) is 2. The van der Waals surface area contributed by atoms with E-state index in [1.807, 2.05) is 0 Å². The van der Waals surface area contributed by atoms with E-state index in [-0.39, 0.29) is 18.8 Å². The van der Waals surface area contributed by atoms with Gasteiger partial charge < -0.3 is 69.0 Å². The highest BCUT2D eigenvalue weighted by atomic mass is 16.5. The zero-order valence-corrected chi connectivity index (χ0v) is 34.6. The lowest BCUT2D eigenvalue weighted by Crippen LogP contribution is -2.62. The van der Waals surface area contributed by atoms with Gasteiger partial charge in [-0.3, -0.25) is 43.2 Å². The predicted molar refractivity (Wildman–Crippen MR) is 214 cm³/mol. The van der Waals surface area contributed by atoms with Crippen LogP contribution in [-0.2, 0) is 59.1 Å². The first-order chi connectivity index (χ1) is 28.7. The topological polar surface area (TPSA) is 369 Å². The van der Waals surface area contributed by atoms with Crippen LogP contribution in [0.1, 0.15) is 53.0 Å². The van der Waals surface area contributed by atoms with Crippen molar-refractivity contribution in [1.29, 1.82) is 0 Å². The van der Waals surface area contributed by atoms with Crippen molar-refractivity contribution in [3.63, 3.8) is 0 Å². The summed E-state index contributed by atoms with van der Waals surface area (Å²) in [4.78, 5) is 131. The van der Waals surface area contributed by atoms with E-state index in [1.165, 1.54) is 0 Å². The van der Waals surface area contributed by atoms with Gasteiger partial charge in [-0.2, -0.15) is 0 Å². The molecule has 14 N–H and O–H groups in total. The average Bonchev–Trinajstić information content (AvgIpc) is 3.20. The number of aliphatic hydroxyl groups excluding tert-OH is 2. The number of aliphatic hydroxyl groups is 2. The van der Waals surface area contributed by atoms with Crippen molar-refractivity contribution < 1.29 is 62.9 Å². The van der Waals surface area contributed by atoms with Crippen molar-refractivity contribution in [3.05, 3.63) is 35.9 Å². The highest BCUT2D eigenvalue weighted by molar-refractivity contribution is 5.99. The molecular formula is C38H58N10O13. The van der Waals surface area contributed by atoms with E-state index in [0.717, 1.165) is 6.92 Å². The van der Waals surface area contributed by atoms with Crippen LogP contribution in [0.5, 0.6) is 0 Å². The first-order valence-electron chi connectivity index (χ1n) is 19.5. The molecule has 0 aliphatic carbocycles. The number of ether oxygens (including phenoxy) is 1. The number of hydrogen-bond donors (Lipinski definition) is 12. The number of rotatable bonds is 17. The minimum Gasteiger partial charge on any atom is -0.461 e. The second-order valence-corrected chi connectivity index (χ2v) is 15.1. The second-order valence-electron chi connectivity index (χ2n) is 15.1. The van der Waals surface area contributed by atoms with Crippen LogP contribution in [0.2, 0.25) is 0 Å². The van der Waals surface area contributed by atoms with Crippen LogP contribution < -0.4 is 54.0 Å². The van der Waals surface area contributed by atoms with E-state index >= 15 is 0 Å². The molecule has 0 saturated carbocycles. The Labute approximate surface area is 351 Å². The van der Waals surface area contributed by atoms with E-state index in [9.17, 15) is 58.2 Å². The molecule has 23 heteroatoms. The first-order valence-corrected chi connectivity index (χ1v) is 19.5. The Kier molecular flexibility index (Phi) is 20.7. The predicted octanol–water partition coefficient (Wildman–Crippen LogP) is -5.80. The Balaban J connectivity index is 2.46. The molecular weight excluding hydrogens is 804 g/mol. The second kappa shape index (κ2) is 24.8. The van der Waals surface area contributed by atoms with Crippen LogP contribution in [-0.4, -0.2) is 144 Å². The lowest BCUT2D eigenvalue weighted by atomic mass is 10.0. The molecule has 23 nitrogen and oxygen atoms in total. The molecule has 1 aromatic carbocycles. The van der Waals surface area contributed by atoms with Crippen molar-refractivity contribution in [2.45, 2.75) is 102 Å². The number of hydrogen-bond acceptors (Lipinski definition) is 14. The van der Waals surface area contributed by atoms with Gasteiger partial charge in [0.05, 0.1) is 26.2 Å². The summed E-state index contributed by atoms with van der Waals surface area (Å²) in [7, 11) is 0. The summed E-state index contributed by atoms with van der Waals surface area (Å²) in [5.41, 5.74) is 11.2. The van der Waals surface area contributed by atoms with Crippen LogP contribution in [0.25, 0.3) is 0 Å². The fourth-order valence-electron chi connectivity index (χ4n) is 5.79. The number of carbonyl (C=O) groups is 10. The molecule has 1 aliphatic heterocycles. The van der Waals surface area contributed by atoms with Gasteiger partial charge in [0.1, 0.15) is 54.9 Å². The number of cyclic esters (lactones) is 1. The average molecular weight is 863 g/mol. The fraction of sp³-hybridized carbons (Fsp3) is 0.579. The quantitative estimate of drug-likeness (QED) is 0.0650. The smallest absolute Gasteiger partial charge is 0.329 e. The van der Waals surface area contributed by atoms with E-state index in [1.54, 1.807) is 58.0 Å². The van der Waals surface area contributed by atoms with Gasteiger partial charge in [0.25, 0.3) is 0 Å². The Bertz CT molecular complexity index is 1750. The zero-order chi connectivity index (χ0) is 46.0. The summed E-state index contributed by atoms with van der Waals surface area (Å²) in [5.74, 6) is -10.6. The Morgan fingerprint density at radius 2 is 1.28 bits per heavy atom. The van der Waals surface area contributed by atoms with Gasteiger partial charge in [-0.05, 0) is 30.7 Å². The number of nitrogens with one attached hydrogen (secondary N) is 8. The summed E-state index contributed by atoms with van der Waals surface area (Å²) in [6, 6.07) is -3.91. The lowest BCUT2D eigenvalue weighted by Gasteiger charge is -2.28. The molecule has 0 bridgehead atoms. The molecule has 0 aromatic heterocycles. The third kappa shape index (κ3) is 16.8. The molecule has 1 fully saturated rings. The Hall–Kier alpha value is -6.20. The van der Waals surface area contributed by atoms with Gasteiger partial charge in [0.15, 0.2) is 0 Å². The van der Waals surface area contributed by atoms with Crippen LogP contribution >= 0.6 is 0 Å². The monoisotopic (exact) mass is 862 g/mol. The molecule has 1 saturated heterocycles. The molecule has 0 radical (unpaired) electrons. The van der Waals surface area contributed by atoms with Crippen LogP contribution in [0.4, 0.5) is 0 Å². The maximum atomic E-state index is 13.7. The van der Waals surface area contributed by atoms with Crippen LogP contribution in [0.15, 0.2) is 30.3 Å². The summed E-state index contributed by atoms with van der Waals surface area (Å²) in [5, 5.41) is 38.7. The minimum atomic E-state index is -1.84. The molecule has 9 amide bonds. The Morgan fingerprint density at radius 3 is 1.80 bits per heavy atom. The normalized spacial score (nSPS) is 21.9. The standard InChI is InChI=1S/C38H58N10O13/c1-18(2)11-22-33(55)44-24(12-21-9-7-6-8-10-21)38(60)61-17-27(36(58)46-26(16-50)35(57)45-25(15-49)34(56)42-22)47-31(53)20(5)41-32(54)23(13-28(40)51)43-37(59)30(19(3)4)48-29(52)14-39/h6-10,18-20,22-27,30,49-50H,11-17,39H2,1-5H3,(H2,40,51)(H,41,54)(H,42,56)(H,43,59)(H,44,55)(H,45,57)(H,46,58)(H,47,53)(H,48,52)/t20-,22-,23-,24-,25-,26-,27-,30-/m0/s1. The van der Waals surface area contributed by atoms with E-state index < -0.39 is 146 Å². The summed E-state index contributed by atoms with van der Waals surface area (Å²) in [6.45, 7) is 4.52. The molecule has 61 heavy (non-hydrogen) atoms. The van der Waals surface area contributed by atoms with Crippen LogP contribution in [0.3, 0.4) is 0 Å². The maximum absolute atomic E-state index is 13.7. The highest BCUT2D eigenvalue weighted by Crippen LogP contribution is 2.11. The highest BCUT2D eigenvalue weighted by Gasteiger charge is 2.36. The number of primary amides is 1. The first kappa shape index (κ1) is 50.9. The summed E-state index contributed by atoms with van der Waals surface area (Å²) in [6.07, 6.45) is -0.789. The zero-order valence-electron chi connectivity index (χ0n) is 34.6. The van der Waals surface area contributed by atoms with Gasteiger partial charge in [0, 0.05) is 6.42 Å². The SMILES string of the molecule is CC(C)C[C@@H]1NC(=O)[C@H](CO)NC(=O)[C@H](CO)NC(=O)[C@@H](NC(=O)[C@H](C)NC(=O)[C@H](CC(N)=O)NC(=O)[C@@H](NC(=O)CN)C(C)C)COC(=O)[C@H](Cc2ccccc2)NC1=O. The van der Waals surface area contributed by atoms with E-state index in [0.29, 0.717) is 5.56 Å². The Morgan fingerprint density at radius 1 is 0.738 bits per heavy atom. The molecule has 0 unspecified atom stereocenters. The molecule has 1 aromatic rings. The number of esters is 1. The van der Waals surface area contributed by atoms with Gasteiger partial charge in [-0.1, -0.05) is 58.0 Å². The van der Waals surface area contributed by atoms with Crippen LogP contribution in [0, 0.1) is 11.8 Å². The lowest BCUT2D eigenvalue weighted by molar-refractivity contribution is -0.151. The molecule has 1 aliphatic rings. The van der Waals surface area contributed by atoms with E-state index in [2.05, 4.69) is 42.5 Å². The van der Waals surface area contributed by atoms with Gasteiger partial charge >= 0.3 is 5.97 Å². The molecule has 338 valence electrons. The van der Waals surface area contributed by atoms with E-state index in [4.69, 9.17) is 16.2 Å². The van der Waals surface area contributed by atoms with Crippen molar-refractivity contribution >= 4 is 59.1 Å². The third-order valence-electron chi connectivity index (χ3n) is 9.12. The summed E-state index contributed by atoms with van der Waals surface area (Å²) >= 11 is 0. The maximum Gasteiger partial charge on any atom is 0.329 e. The van der Waals surface area contributed by atoms with Crippen molar-refractivity contribution in [1.82, 2.24) is 42.5 Å². The van der Waals surface area contributed by atoms with Gasteiger partial charge in [-0.25, -0.2) is 4.79 Å². The number of carbonyl (C=O) groups excluding carboxylic acids is 10. The molecule has 1 heterocycles. The minimum absolute atomic E-state index is 0.0655. The molecule has 2 rings (SSSR count). The van der Waals surface area contributed by atoms with Crippen molar-refractivity contribution in [2.75, 3.05) is 26.4 Å². The molecule has 0 spiro atoms. The number of benzene rings is 1. The summed E-state index contributed by atoms with van der Waals surface area (Å²) < 4.78 is 5.45. The van der Waals surface area contributed by atoms with Crippen molar-refractivity contribution in [3.8, 4) is 0 Å². The molecule has 8 atom stereocenters. The fourth-order valence-corrected chi connectivity index (χ4v) is 5.79. The van der Waals surface area contributed by atoms with Gasteiger partial charge in [0.2, 0.25) is 53.2 Å². The van der Waals surface area contributed by atoms with Gasteiger partial charge in [-0.15, -0.1) is 0 Å². The third-order valence-corrected chi connectivity index (χ3v) is 9.12. The number of amides is 9.